The van der Waals surface area contributed by atoms with E-state index in [1.807, 2.05) is 11.8 Å². The van der Waals surface area contributed by atoms with Crippen LogP contribution in [-0.4, -0.2) is 39.2 Å². The summed E-state index contributed by atoms with van der Waals surface area (Å²) in [6, 6.07) is 12.4. The number of thioether (sulfide) groups is 1. The van der Waals surface area contributed by atoms with E-state index in [0.29, 0.717) is 13.1 Å². The van der Waals surface area contributed by atoms with Crippen molar-refractivity contribution in [3.8, 4) is 0 Å². The van der Waals surface area contributed by atoms with Crippen LogP contribution >= 0.6 is 24.2 Å². The second-order valence-corrected chi connectivity index (χ2v) is 9.74. The SMILES string of the molecule is CC1SC2=NCC(C)(C)CN2C1(O)C(c1ccc(F)cc1)c1ccc(F)cc1.Cl. The Morgan fingerprint density at radius 1 is 1.03 bits per heavy atom. The Balaban J connectivity index is 0.00000240. The van der Waals surface area contributed by atoms with E-state index in [9.17, 15) is 13.9 Å². The van der Waals surface area contributed by atoms with Gasteiger partial charge in [-0.05, 0) is 42.3 Å². The zero-order chi connectivity index (χ0) is 20.1. The molecular weight excluding hydrogens is 414 g/mol. The summed E-state index contributed by atoms with van der Waals surface area (Å²) in [4.78, 5) is 6.70. The van der Waals surface area contributed by atoms with Crippen molar-refractivity contribution >= 4 is 29.3 Å². The predicted octanol–water partition coefficient (Wildman–Crippen LogP) is 5.04. The Morgan fingerprint density at radius 2 is 1.52 bits per heavy atom. The van der Waals surface area contributed by atoms with Gasteiger partial charge in [-0.2, -0.15) is 0 Å². The van der Waals surface area contributed by atoms with Crippen LogP contribution in [0.2, 0.25) is 0 Å². The highest BCUT2D eigenvalue weighted by Gasteiger charge is 2.57. The predicted molar refractivity (Wildman–Crippen MR) is 117 cm³/mol. The van der Waals surface area contributed by atoms with Crippen LogP contribution in [0.1, 0.15) is 37.8 Å². The second kappa shape index (κ2) is 7.89. The maximum Gasteiger partial charge on any atom is 0.162 e. The third kappa shape index (κ3) is 3.90. The highest BCUT2D eigenvalue weighted by molar-refractivity contribution is 8.14. The third-order valence-electron chi connectivity index (χ3n) is 5.60. The van der Waals surface area contributed by atoms with Gasteiger partial charge in [0.05, 0.1) is 11.2 Å². The molecule has 2 unspecified atom stereocenters. The van der Waals surface area contributed by atoms with Crippen molar-refractivity contribution in [3.63, 3.8) is 0 Å². The summed E-state index contributed by atoms with van der Waals surface area (Å²) < 4.78 is 27.2. The number of halogens is 3. The molecule has 0 aliphatic carbocycles. The zero-order valence-electron chi connectivity index (χ0n) is 16.6. The minimum absolute atomic E-state index is 0. The van der Waals surface area contributed by atoms with Crippen LogP contribution in [0.15, 0.2) is 53.5 Å². The maximum absolute atomic E-state index is 13.6. The van der Waals surface area contributed by atoms with Gasteiger partial charge in [0.15, 0.2) is 10.9 Å². The Kier molecular flexibility index (Phi) is 6.01. The molecule has 2 heterocycles. The fourth-order valence-corrected chi connectivity index (χ4v) is 5.37. The smallest absolute Gasteiger partial charge is 0.162 e. The molecule has 156 valence electrons. The van der Waals surface area contributed by atoms with E-state index in [1.54, 1.807) is 36.0 Å². The van der Waals surface area contributed by atoms with Crippen LogP contribution < -0.4 is 0 Å². The van der Waals surface area contributed by atoms with Crippen molar-refractivity contribution in [1.82, 2.24) is 4.90 Å². The summed E-state index contributed by atoms with van der Waals surface area (Å²) in [6.07, 6.45) is 0. The monoisotopic (exact) mass is 438 g/mol. The van der Waals surface area contributed by atoms with Gasteiger partial charge in [-0.15, -0.1) is 12.4 Å². The number of hydrogen-bond donors (Lipinski definition) is 1. The quantitative estimate of drug-likeness (QED) is 0.729. The van der Waals surface area contributed by atoms with Gasteiger partial charge in [0.25, 0.3) is 0 Å². The van der Waals surface area contributed by atoms with Gasteiger partial charge in [0.1, 0.15) is 11.6 Å². The van der Waals surface area contributed by atoms with Crippen molar-refractivity contribution < 1.29 is 13.9 Å². The largest absolute Gasteiger partial charge is 0.369 e. The Hall–Kier alpha value is -1.63. The molecule has 2 aromatic rings. The summed E-state index contributed by atoms with van der Waals surface area (Å²) in [6.45, 7) is 7.63. The van der Waals surface area contributed by atoms with Crippen LogP contribution in [0.25, 0.3) is 0 Å². The van der Waals surface area contributed by atoms with Crippen molar-refractivity contribution in [2.75, 3.05) is 13.1 Å². The molecule has 0 radical (unpaired) electrons. The molecule has 4 rings (SSSR count). The lowest BCUT2D eigenvalue weighted by molar-refractivity contribution is -0.0873. The van der Waals surface area contributed by atoms with Gasteiger partial charge >= 0.3 is 0 Å². The second-order valence-electron chi connectivity index (χ2n) is 8.43. The first kappa shape index (κ1) is 22.1. The van der Waals surface area contributed by atoms with E-state index in [2.05, 4.69) is 13.8 Å². The lowest BCUT2D eigenvalue weighted by Gasteiger charge is -2.47. The van der Waals surface area contributed by atoms with Crippen molar-refractivity contribution in [2.24, 2.45) is 10.4 Å². The van der Waals surface area contributed by atoms with E-state index in [0.717, 1.165) is 16.3 Å². The van der Waals surface area contributed by atoms with Crippen molar-refractivity contribution in [3.05, 3.63) is 71.3 Å². The number of hydrogen-bond acceptors (Lipinski definition) is 4. The molecule has 1 N–H and O–H groups in total. The first-order valence-electron chi connectivity index (χ1n) is 9.43. The molecule has 2 aliphatic rings. The van der Waals surface area contributed by atoms with Gasteiger partial charge in [0.2, 0.25) is 0 Å². The molecule has 0 spiro atoms. The highest BCUT2D eigenvalue weighted by Crippen LogP contribution is 2.51. The van der Waals surface area contributed by atoms with Gasteiger partial charge in [-0.3, -0.25) is 4.99 Å². The molecular formula is C22H25ClF2N2OS. The molecule has 0 saturated carbocycles. The number of amidine groups is 1. The molecule has 2 aromatic carbocycles. The van der Waals surface area contributed by atoms with E-state index < -0.39 is 11.6 Å². The highest BCUT2D eigenvalue weighted by atomic mass is 35.5. The summed E-state index contributed by atoms with van der Waals surface area (Å²) in [7, 11) is 0. The number of nitrogens with zero attached hydrogens (tertiary/aromatic N) is 2. The van der Waals surface area contributed by atoms with Gasteiger partial charge < -0.3 is 10.0 Å². The first-order chi connectivity index (χ1) is 13.2. The Bertz CT molecular complexity index is 859. The van der Waals surface area contributed by atoms with E-state index in [4.69, 9.17) is 4.99 Å². The number of benzene rings is 2. The van der Waals surface area contributed by atoms with Gasteiger partial charge in [0, 0.05) is 18.5 Å². The molecule has 0 aromatic heterocycles. The van der Waals surface area contributed by atoms with Crippen molar-refractivity contribution in [2.45, 2.75) is 37.7 Å². The molecule has 1 saturated heterocycles. The first-order valence-corrected chi connectivity index (χ1v) is 10.3. The lowest BCUT2D eigenvalue weighted by Crippen LogP contribution is -2.59. The van der Waals surface area contributed by atoms with E-state index in [-0.39, 0.29) is 34.7 Å². The normalized spacial score (nSPS) is 25.4. The minimum Gasteiger partial charge on any atom is -0.369 e. The summed E-state index contributed by atoms with van der Waals surface area (Å²) in [5.41, 5.74) is 0.231. The number of aliphatic hydroxyl groups is 1. The third-order valence-corrected chi connectivity index (χ3v) is 6.86. The molecule has 0 amide bonds. The number of rotatable bonds is 3. The van der Waals surface area contributed by atoms with Crippen LogP contribution in [-0.2, 0) is 0 Å². The fourth-order valence-electron chi connectivity index (χ4n) is 4.14. The molecule has 1 fully saturated rings. The van der Waals surface area contributed by atoms with E-state index in [1.165, 1.54) is 24.3 Å². The van der Waals surface area contributed by atoms with Gasteiger partial charge in [-0.1, -0.05) is 49.9 Å². The lowest BCUT2D eigenvalue weighted by atomic mass is 9.78. The molecule has 7 heteroatoms. The molecule has 2 atom stereocenters. The van der Waals surface area contributed by atoms with Crippen LogP contribution in [0, 0.1) is 17.0 Å². The Labute approximate surface area is 180 Å². The van der Waals surface area contributed by atoms with Crippen LogP contribution in [0.5, 0.6) is 0 Å². The van der Waals surface area contributed by atoms with Gasteiger partial charge in [-0.25, -0.2) is 8.78 Å². The number of aliphatic imine (C=N–C) groups is 1. The Morgan fingerprint density at radius 3 is 2.00 bits per heavy atom. The van der Waals surface area contributed by atoms with Crippen molar-refractivity contribution in [1.29, 1.82) is 0 Å². The standard InChI is InChI=1S/C22H24F2N2OS.ClH/c1-14-22(27,26-13-21(2,3)12-25-20(26)28-14)19(15-4-8-17(23)9-5-15)16-6-10-18(24)11-7-16;/h4-11,14,19,27H,12-13H2,1-3H3;1H. The average molecular weight is 439 g/mol. The topological polar surface area (TPSA) is 35.8 Å². The molecule has 29 heavy (non-hydrogen) atoms. The summed E-state index contributed by atoms with van der Waals surface area (Å²) >= 11 is 1.56. The van der Waals surface area contributed by atoms with E-state index >= 15 is 0 Å². The minimum atomic E-state index is -1.27. The maximum atomic E-state index is 13.6. The summed E-state index contributed by atoms with van der Waals surface area (Å²) in [5, 5.41) is 12.8. The summed E-state index contributed by atoms with van der Waals surface area (Å²) in [5.74, 6) is -1.13. The molecule has 3 nitrogen and oxygen atoms in total. The molecule has 2 aliphatic heterocycles. The van der Waals surface area contributed by atoms with Crippen LogP contribution in [0.3, 0.4) is 0 Å². The number of fused-ring (bicyclic) bond motifs is 1. The van der Waals surface area contributed by atoms with Crippen LogP contribution in [0.4, 0.5) is 8.78 Å². The zero-order valence-corrected chi connectivity index (χ0v) is 18.2. The fraction of sp³-hybridized carbons (Fsp3) is 0.409. The molecule has 0 bridgehead atoms. The average Bonchev–Trinajstić information content (AvgIpc) is 2.89.